The SMILES string of the molecule is C=C(/C=C\C(=NC(C)C(=O)O)OC)Nc1c(-c2ccccc2)cnn1-c1ccccc1C. The molecule has 0 fully saturated rings. The Kier molecular flexibility index (Phi) is 7.23. The van der Waals surface area contributed by atoms with Gasteiger partial charge in [0.05, 0.1) is 19.0 Å². The standard InChI is InChI=1S/C25H26N4O3/c1-17-10-8-9-13-22(17)29-24(21(16-26-29)20-11-6-5-7-12-20)27-18(2)14-15-23(32-4)28-19(3)25(30)31/h5-16,19,27H,2H2,1,3-4H3,(H,30,31)/b15-14-,28-23?. The third kappa shape index (κ3) is 5.31. The first-order valence-corrected chi connectivity index (χ1v) is 10.1. The molecule has 3 aromatic rings. The molecular formula is C25H26N4O3. The topological polar surface area (TPSA) is 88.7 Å². The summed E-state index contributed by atoms with van der Waals surface area (Å²) < 4.78 is 7.01. The Bertz CT molecular complexity index is 1160. The minimum atomic E-state index is -1.03. The molecule has 7 nitrogen and oxygen atoms in total. The van der Waals surface area contributed by atoms with Crippen LogP contribution in [0.3, 0.4) is 0 Å². The maximum Gasteiger partial charge on any atom is 0.328 e. The fourth-order valence-corrected chi connectivity index (χ4v) is 3.06. The molecule has 2 aromatic carbocycles. The van der Waals surface area contributed by atoms with Crippen molar-refractivity contribution in [3.63, 3.8) is 0 Å². The number of allylic oxidation sites excluding steroid dienone is 1. The maximum absolute atomic E-state index is 11.0. The average molecular weight is 431 g/mol. The van der Waals surface area contributed by atoms with Crippen LogP contribution in [0.25, 0.3) is 16.8 Å². The summed E-state index contributed by atoms with van der Waals surface area (Å²) in [6.45, 7) is 7.59. The predicted molar refractivity (Wildman–Crippen MR) is 127 cm³/mol. The van der Waals surface area contributed by atoms with Crippen molar-refractivity contribution >= 4 is 17.7 Å². The molecule has 0 bridgehead atoms. The summed E-state index contributed by atoms with van der Waals surface area (Å²) in [6, 6.07) is 17.0. The molecule has 1 heterocycles. The van der Waals surface area contributed by atoms with Gasteiger partial charge in [-0.3, -0.25) is 0 Å². The zero-order valence-corrected chi connectivity index (χ0v) is 18.3. The Morgan fingerprint density at radius 3 is 2.53 bits per heavy atom. The van der Waals surface area contributed by atoms with E-state index in [-0.39, 0.29) is 5.90 Å². The number of anilines is 1. The van der Waals surface area contributed by atoms with E-state index in [9.17, 15) is 4.79 Å². The monoisotopic (exact) mass is 430 g/mol. The van der Waals surface area contributed by atoms with Crippen molar-refractivity contribution in [3.8, 4) is 16.8 Å². The number of aliphatic carboxylic acids is 1. The number of carboxylic acid groups (broad SMARTS) is 1. The van der Waals surface area contributed by atoms with Gasteiger partial charge >= 0.3 is 5.97 Å². The molecule has 3 rings (SSSR count). The van der Waals surface area contributed by atoms with Crippen molar-refractivity contribution in [2.75, 3.05) is 12.4 Å². The smallest absolute Gasteiger partial charge is 0.328 e. The molecule has 0 aliphatic rings. The average Bonchev–Trinajstić information content (AvgIpc) is 3.20. The highest BCUT2D eigenvalue weighted by Gasteiger charge is 2.15. The number of para-hydroxylation sites is 1. The molecule has 7 heteroatoms. The van der Waals surface area contributed by atoms with Gasteiger partial charge in [-0.25, -0.2) is 14.5 Å². The number of carboxylic acids is 1. The van der Waals surface area contributed by atoms with Crippen molar-refractivity contribution in [2.24, 2.45) is 4.99 Å². The molecule has 0 radical (unpaired) electrons. The van der Waals surface area contributed by atoms with Gasteiger partial charge in [-0.15, -0.1) is 0 Å². The van der Waals surface area contributed by atoms with Gasteiger partial charge in [-0.05, 0) is 37.1 Å². The molecule has 0 amide bonds. The molecule has 0 saturated heterocycles. The van der Waals surface area contributed by atoms with E-state index >= 15 is 0 Å². The quantitative estimate of drug-likeness (QED) is 0.303. The molecule has 2 N–H and O–H groups in total. The second kappa shape index (κ2) is 10.3. The number of ether oxygens (including phenoxy) is 1. The summed E-state index contributed by atoms with van der Waals surface area (Å²) >= 11 is 0. The van der Waals surface area contributed by atoms with Crippen molar-refractivity contribution in [1.29, 1.82) is 0 Å². The number of hydrogen-bond donors (Lipinski definition) is 2. The van der Waals surface area contributed by atoms with Gasteiger partial charge < -0.3 is 15.2 Å². The van der Waals surface area contributed by atoms with Gasteiger partial charge in [0.25, 0.3) is 0 Å². The molecule has 32 heavy (non-hydrogen) atoms. The summed E-state index contributed by atoms with van der Waals surface area (Å²) in [5, 5.41) is 17.0. The number of aliphatic imine (C=N–C) groups is 1. The van der Waals surface area contributed by atoms with Crippen LogP contribution in [0.1, 0.15) is 12.5 Å². The lowest BCUT2D eigenvalue weighted by Gasteiger charge is -2.14. The minimum Gasteiger partial charge on any atom is -0.481 e. The Morgan fingerprint density at radius 2 is 1.88 bits per heavy atom. The molecule has 0 aliphatic carbocycles. The Balaban J connectivity index is 1.95. The number of hydrogen-bond acceptors (Lipinski definition) is 5. The molecule has 0 spiro atoms. The normalized spacial score (nSPS) is 12.5. The fourth-order valence-electron chi connectivity index (χ4n) is 3.06. The van der Waals surface area contributed by atoms with Gasteiger partial charge in [0.15, 0.2) is 0 Å². The van der Waals surface area contributed by atoms with Crippen molar-refractivity contribution in [3.05, 3.63) is 90.8 Å². The Morgan fingerprint density at radius 1 is 1.19 bits per heavy atom. The van der Waals surface area contributed by atoms with Crippen LogP contribution in [0.2, 0.25) is 0 Å². The predicted octanol–water partition coefficient (Wildman–Crippen LogP) is 4.85. The summed E-state index contributed by atoms with van der Waals surface area (Å²) in [5.41, 5.74) is 4.52. The number of aromatic nitrogens is 2. The number of carbonyl (C=O) groups is 1. The highest BCUT2D eigenvalue weighted by Crippen LogP contribution is 2.31. The van der Waals surface area contributed by atoms with Crippen LogP contribution in [0.4, 0.5) is 5.82 Å². The van der Waals surface area contributed by atoms with E-state index in [1.165, 1.54) is 14.0 Å². The molecule has 164 valence electrons. The summed E-state index contributed by atoms with van der Waals surface area (Å²) in [7, 11) is 1.44. The number of rotatable bonds is 8. The van der Waals surface area contributed by atoms with Crippen LogP contribution in [-0.2, 0) is 9.53 Å². The van der Waals surface area contributed by atoms with Crippen LogP contribution in [0.5, 0.6) is 0 Å². The highest BCUT2D eigenvalue weighted by molar-refractivity contribution is 5.90. The molecule has 0 aliphatic heterocycles. The lowest BCUT2D eigenvalue weighted by molar-refractivity contribution is -0.138. The fraction of sp³-hybridized carbons (Fsp3) is 0.160. The second-order valence-corrected chi connectivity index (χ2v) is 7.14. The van der Waals surface area contributed by atoms with Gasteiger partial charge in [-0.2, -0.15) is 5.10 Å². The van der Waals surface area contributed by atoms with Crippen LogP contribution in [0, 0.1) is 6.92 Å². The number of nitrogens with one attached hydrogen (secondary N) is 1. The molecular weight excluding hydrogens is 404 g/mol. The zero-order chi connectivity index (χ0) is 23.1. The van der Waals surface area contributed by atoms with Gasteiger partial charge in [-0.1, -0.05) is 55.1 Å². The van der Waals surface area contributed by atoms with Gasteiger partial charge in [0.1, 0.15) is 11.9 Å². The summed E-state index contributed by atoms with van der Waals surface area (Å²) in [6.07, 6.45) is 5.07. The highest BCUT2D eigenvalue weighted by atomic mass is 16.5. The number of nitrogens with zero attached hydrogens (tertiary/aromatic N) is 3. The van der Waals surface area contributed by atoms with Gasteiger partial charge in [0, 0.05) is 17.3 Å². The third-order valence-corrected chi connectivity index (χ3v) is 4.79. The number of benzene rings is 2. The van der Waals surface area contributed by atoms with Gasteiger partial charge in [0.2, 0.25) is 5.90 Å². The van der Waals surface area contributed by atoms with Crippen molar-refractivity contribution < 1.29 is 14.6 Å². The van der Waals surface area contributed by atoms with Crippen LogP contribution in [0.15, 0.2) is 90.2 Å². The van der Waals surface area contributed by atoms with E-state index in [0.29, 0.717) is 5.70 Å². The van der Waals surface area contributed by atoms with E-state index in [1.54, 1.807) is 12.2 Å². The van der Waals surface area contributed by atoms with Crippen molar-refractivity contribution in [2.45, 2.75) is 19.9 Å². The number of aryl methyl sites for hydroxylation is 1. The first-order valence-electron chi connectivity index (χ1n) is 10.1. The number of methoxy groups -OCH3 is 1. The first-order chi connectivity index (χ1) is 15.4. The third-order valence-electron chi connectivity index (χ3n) is 4.79. The van der Waals surface area contributed by atoms with Crippen molar-refractivity contribution in [1.82, 2.24) is 9.78 Å². The van der Waals surface area contributed by atoms with E-state index < -0.39 is 12.0 Å². The maximum atomic E-state index is 11.0. The van der Waals surface area contributed by atoms with E-state index in [4.69, 9.17) is 9.84 Å². The minimum absolute atomic E-state index is 0.193. The summed E-state index contributed by atoms with van der Waals surface area (Å²) in [4.78, 5) is 15.1. The largest absolute Gasteiger partial charge is 0.481 e. The second-order valence-electron chi connectivity index (χ2n) is 7.14. The lowest BCUT2D eigenvalue weighted by atomic mass is 10.1. The van der Waals surface area contributed by atoms with Crippen LogP contribution in [-0.4, -0.2) is 39.9 Å². The first kappa shape index (κ1) is 22.6. The Labute approximate surface area is 187 Å². The molecule has 1 unspecified atom stereocenters. The van der Waals surface area contributed by atoms with E-state index in [1.807, 2.05) is 72.4 Å². The van der Waals surface area contributed by atoms with Crippen LogP contribution < -0.4 is 5.32 Å². The summed E-state index contributed by atoms with van der Waals surface area (Å²) in [5.74, 6) is -0.0759. The Hall–Kier alpha value is -4.13. The van der Waals surface area contributed by atoms with Crippen LogP contribution >= 0.6 is 0 Å². The molecule has 0 saturated carbocycles. The van der Waals surface area contributed by atoms with E-state index in [2.05, 4.69) is 22.0 Å². The molecule has 1 atom stereocenters. The zero-order valence-electron chi connectivity index (χ0n) is 18.3. The lowest BCUT2D eigenvalue weighted by Crippen LogP contribution is -2.16. The van der Waals surface area contributed by atoms with E-state index in [0.717, 1.165) is 28.2 Å². The molecule has 1 aromatic heterocycles.